The zero-order valence-electron chi connectivity index (χ0n) is 20.2. The highest BCUT2D eigenvalue weighted by Crippen LogP contribution is 2.31. The smallest absolute Gasteiger partial charge is 0.251 e. The fourth-order valence-electron chi connectivity index (χ4n) is 4.34. The summed E-state index contributed by atoms with van der Waals surface area (Å²) in [6, 6.07) is 5.26. The molecule has 2 amide bonds. The maximum atomic E-state index is 12.8. The van der Waals surface area contributed by atoms with E-state index in [4.69, 9.17) is 16.6 Å². The number of carbonyl (C=O) groups is 2. The first-order valence-electron chi connectivity index (χ1n) is 11.9. The summed E-state index contributed by atoms with van der Waals surface area (Å²) in [5.74, 6) is 0.265. The third-order valence-corrected chi connectivity index (χ3v) is 7.51. The van der Waals surface area contributed by atoms with Gasteiger partial charge < -0.3 is 25.0 Å². The number of aryl methyl sites for hydroxylation is 1. The number of anilines is 1. The summed E-state index contributed by atoms with van der Waals surface area (Å²) < 4.78 is 1.92. The minimum atomic E-state index is -0.295. The molecule has 2 bridgehead atoms. The van der Waals surface area contributed by atoms with E-state index in [0.29, 0.717) is 28.6 Å². The van der Waals surface area contributed by atoms with Crippen LogP contribution < -0.4 is 10.6 Å². The zero-order chi connectivity index (χ0) is 25.2. The predicted molar refractivity (Wildman–Crippen MR) is 145 cm³/mol. The highest BCUT2D eigenvalue weighted by molar-refractivity contribution is 8.17. The molecule has 1 aromatic heterocycles. The maximum absolute atomic E-state index is 12.8. The number of nitrogens with zero attached hydrogens (tertiary/aromatic N) is 5. The van der Waals surface area contributed by atoms with Gasteiger partial charge in [0.15, 0.2) is 5.17 Å². The second-order valence-corrected chi connectivity index (χ2v) is 10.5. The topological polar surface area (TPSA) is 94.9 Å². The monoisotopic (exact) mass is 525 g/mol. The molecule has 9 nitrogen and oxygen atoms in total. The van der Waals surface area contributed by atoms with Crippen LogP contribution >= 0.6 is 23.4 Å². The van der Waals surface area contributed by atoms with Crippen molar-refractivity contribution in [1.29, 1.82) is 0 Å². The summed E-state index contributed by atoms with van der Waals surface area (Å²) in [6.07, 6.45) is 8.70. The summed E-state index contributed by atoms with van der Waals surface area (Å²) >= 11 is 7.67. The normalized spacial score (nSPS) is 20.2. The second kappa shape index (κ2) is 10.5. The van der Waals surface area contributed by atoms with Crippen LogP contribution in [0.3, 0.4) is 0 Å². The van der Waals surface area contributed by atoms with Crippen LogP contribution in [-0.4, -0.2) is 82.1 Å². The van der Waals surface area contributed by atoms with Crippen molar-refractivity contribution >= 4 is 57.3 Å². The van der Waals surface area contributed by atoms with Crippen molar-refractivity contribution < 1.29 is 9.59 Å². The van der Waals surface area contributed by atoms with E-state index in [1.54, 1.807) is 12.1 Å². The van der Waals surface area contributed by atoms with Crippen LogP contribution in [0.15, 0.2) is 57.4 Å². The van der Waals surface area contributed by atoms with Crippen LogP contribution in [0.4, 0.5) is 5.95 Å². The Bertz CT molecular complexity index is 1330. The molecule has 11 heteroatoms. The summed E-state index contributed by atoms with van der Waals surface area (Å²) in [6.45, 7) is 3.20. The number of aromatic nitrogens is 2. The van der Waals surface area contributed by atoms with Crippen molar-refractivity contribution in [3.05, 3.63) is 58.0 Å². The molecule has 1 saturated heterocycles. The summed E-state index contributed by atoms with van der Waals surface area (Å²) in [5.41, 5.74) is 2.01. The van der Waals surface area contributed by atoms with Gasteiger partial charge in [0.2, 0.25) is 11.9 Å². The van der Waals surface area contributed by atoms with E-state index in [1.807, 2.05) is 40.8 Å². The summed E-state index contributed by atoms with van der Waals surface area (Å²) in [7, 11) is 3.96. The Morgan fingerprint density at radius 1 is 1.19 bits per heavy atom. The molecule has 5 rings (SSSR count). The molecule has 1 aromatic carbocycles. The van der Waals surface area contributed by atoms with Crippen molar-refractivity contribution in [1.82, 2.24) is 24.7 Å². The number of imidazole rings is 1. The lowest BCUT2D eigenvalue weighted by atomic mass is 10.2. The maximum Gasteiger partial charge on any atom is 0.251 e. The number of allylic oxidation sites excluding steroid dienone is 3. The Balaban J connectivity index is 1.25. The average molecular weight is 526 g/mol. The van der Waals surface area contributed by atoms with Crippen LogP contribution in [0.1, 0.15) is 16.8 Å². The van der Waals surface area contributed by atoms with Crippen molar-refractivity contribution in [3.63, 3.8) is 0 Å². The van der Waals surface area contributed by atoms with Crippen molar-refractivity contribution in [2.45, 2.75) is 12.5 Å². The quantitative estimate of drug-likeness (QED) is 0.637. The van der Waals surface area contributed by atoms with Gasteiger partial charge in [-0.15, -0.1) is 0 Å². The second-order valence-electron chi connectivity index (χ2n) is 9.03. The third kappa shape index (κ3) is 5.50. The van der Waals surface area contributed by atoms with E-state index in [9.17, 15) is 9.59 Å². The number of thioether (sulfide) groups is 1. The number of carbonyl (C=O) groups excluding carboxylic acids is 2. The van der Waals surface area contributed by atoms with Gasteiger partial charge in [-0.3, -0.25) is 14.6 Å². The lowest BCUT2D eigenvalue weighted by Crippen LogP contribution is -2.41. The van der Waals surface area contributed by atoms with Crippen molar-refractivity contribution in [2.24, 2.45) is 12.0 Å². The number of rotatable bonds is 4. The molecule has 36 heavy (non-hydrogen) atoms. The fourth-order valence-corrected chi connectivity index (χ4v) is 5.52. The molecule has 0 radical (unpaired) electrons. The first-order valence-corrected chi connectivity index (χ1v) is 13.1. The Morgan fingerprint density at radius 3 is 2.92 bits per heavy atom. The number of halogens is 1. The molecule has 1 aliphatic carbocycles. The molecule has 188 valence electrons. The van der Waals surface area contributed by atoms with Crippen LogP contribution in [0.5, 0.6) is 0 Å². The van der Waals surface area contributed by atoms with Crippen molar-refractivity contribution in [2.75, 3.05) is 45.1 Å². The summed E-state index contributed by atoms with van der Waals surface area (Å²) in [5, 5.41) is 7.46. The highest BCUT2D eigenvalue weighted by atomic mass is 35.5. The van der Waals surface area contributed by atoms with Gasteiger partial charge in [0.1, 0.15) is 0 Å². The number of aliphatic imine (C=N–C) groups is 1. The SMILES string of the molecule is CN1CCCN(C(=O)CNC(=O)c2ccc3c(c2)nc(NC2=NC4C=CC(Cl)=CC(=C4)S2)n3C)CC1. The third-order valence-electron chi connectivity index (χ3n) is 6.38. The van der Waals surface area contributed by atoms with E-state index in [2.05, 4.69) is 33.6 Å². The van der Waals surface area contributed by atoms with E-state index in [1.165, 1.54) is 11.8 Å². The fraction of sp³-hybridized carbons (Fsp3) is 0.360. The molecule has 1 unspecified atom stereocenters. The molecule has 2 aliphatic heterocycles. The molecule has 1 fully saturated rings. The molecule has 2 aromatic rings. The van der Waals surface area contributed by atoms with E-state index < -0.39 is 0 Å². The molecule has 3 aliphatic rings. The Kier molecular flexibility index (Phi) is 7.17. The van der Waals surface area contributed by atoms with Gasteiger partial charge >= 0.3 is 0 Å². The standard InChI is InChI=1S/C25H28ClN7O2S/c1-31-8-3-9-33(11-10-31)22(34)15-27-23(35)16-4-7-21-20(12-16)29-24(32(21)2)30-25-28-18-6-5-17(26)13-19(14-18)36-25/h4-7,12-14,18H,3,8-11,15H2,1-2H3,(H,27,35)(H,28,29,30). The van der Waals surface area contributed by atoms with Gasteiger partial charge in [-0.2, -0.15) is 0 Å². The highest BCUT2D eigenvalue weighted by Gasteiger charge is 2.20. The number of amidine groups is 1. The lowest BCUT2D eigenvalue weighted by Gasteiger charge is -2.20. The molecule has 0 spiro atoms. The number of benzene rings is 1. The van der Waals surface area contributed by atoms with E-state index >= 15 is 0 Å². The van der Waals surface area contributed by atoms with Gasteiger partial charge in [-0.05, 0) is 56.4 Å². The predicted octanol–water partition coefficient (Wildman–Crippen LogP) is 2.93. The zero-order valence-corrected chi connectivity index (χ0v) is 21.8. The van der Waals surface area contributed by atoms with Crippen LogP contribution in [-0.2, 0) is 11.8 Å². The molecular weight excluding hydrogens is 498 g/mol. The van der Waals surface area contributed by atoms with Gasteiger partial charge in [-0.25, -0.2) is 4.98 Å². The Labute approximate surface area is 218 Å². The number of amides is 2. The Hall–Kier alpha value is -3.08. The van der Waals surface area contributed by atoms with Crippen LogP contribution in [0.25, 0.3) is 11.0 Å². The first kappa shape index (κ1) is 24.6. The lowest BCUT2D eigenvalue weighted by molar-refractivity contribution is -0.129. The minimum Gasteiger partial charge on any atom is -0.343 e. The van der Waals surface area contributed by atoms with Gasteiger partial charge in [0.05, 0.1) is 23.6 Å². The number of likely N-dealkylation sites (N-methyl/N-ethyl adjacent to an activating group) is 1. The molecule has 0 saturated carbocycles. The first-order chi connectivity index (χ1) is 17.4. The van der Waals surface area contributed by atoms with E-state index in [-0.39, 0.29) is 24.4 Å². The largest absolute Gasteiger partial charge is 0.343 e. The number of nitrogens with one attached hydrogen (secondary N) is 2. The number of hydrogen-bond acceptors (Lipinski definition) is 7. The van der Waals surface area contributed by atoms with Gasteiger partial charge in [0.25, 0.3) is 5.91 Å². The van der Waals surface area contributed by atoms with E-state index in [0.717, 1.165) is 41.6 Å². The molecule has 2 N–H and O–H groups in total. The number of hydrogen-bond donors (Lipinski definition) is 2. The Morgan fingerprint density at radius 2 is 2.06 bits per heavy atom. The summed E-state index contributed by atoms with van der Waals surface area (Å²) in [4.78, 5) is 39.8. The minimum absolute atomic E-state index is 0.0173. The number of fused-ring (bicyclic) bond motifs is 2. The van der Waals surface area contributed by atoms with Gasteiger partial charge in [-0.1, -0.05) is 29.4 Å². The van der Waals surface area contributed by atoms with Gasteiger partial charge in [0, 0.05) is 42.2 Å². The van der Waals surface area contributed by atoms with Crippen molar-refractivity contribution in [3.8, 4) is 0 Å². The average Bonchev–Trinajstić information content (AvgIpc) is 2.97. The van der Waals surface area contributed by atoms with Crippen LogP contribution in [0, 0.1) is 0 Å². The molecule has 1 atom stereocenters. The molecular formula is C25H28ClN7O2S. The van der Waals surface area contributed by atoms with Crippen LogP contribution in [0.2, 0.25) is 0 Å². The molecule has 3 heterocycles.